The fourth-order valence-corrected chi connectivity index (χ4v) is 3.87. The van der Waals surface area contributed by atoms with E-state index in [4.69, 9.17) is 0 Å². The Labute approximate surface area is 131 Å². The van der Waals surface area contributed by atoms with Gasteiger partial charge in [-0.2, -0.15) is 0 Å². The molecule has 1 aromatic rings. The lowest BCUT2D eigenvalue weighted by atomic mass is 9.73. The second kappa shape index (κ2) is 9.25. The maximum Gasteiger partial charge on any atom is 0.00957 e. The Morgan fingerprint density at radius 3 is 2.52 bits per heavy atom. The molecule has 0 spiro atoms. The molecule has 3 unspecified atom stereocenters. The summed E-state index contributed by atoms with van der Waals surface area (Å²) in [5, 5.41) is 3.82. The summed E-state index contributed by atoms with van der Waals surface area (Å²) in [4.78, 5) is 0. The quantitative estimate of drug-likeness (QED) is 0.621. The number of hydrogen-bond donors (Lipinski definition) is 1. The van der Waals surface area contributed by atoms with Gasteiger partial charge in [-0.25, -0.2) is 0 Å². The van der Waals surface area contributed by atoms with E-state index in [1.807, 2.05) is 0 Å². The van der Waals surface area contributed by atoms with Gasteiger partial charge in [-0.05, 0) is 56.0 Å². The molecule has 1 heteroatoms. The minimum absolute atomic E-state index is 0.766. The molecule has 0 radical (unpaired) electrons. The molecule has 0 bridgehead atoms. The molecule has 2 rings (SSSR count). The molecule has 0 aliphatic heterocycles. The molecule has 1 nitrogen and oxygen atoms in total. The SMILES string of the molecule is CCCCCC1CC(c2ccccc2)CCC1NCCC. The van der Waals surface area contributed by atoms with Crippen molar-refractivity contribution in [2.45, 2.75) is 77.2 Å². The van der Waals surface area contributed by atoms with Gasteiger partial charge in [0.05, 0.1) is 0 Å². The van der Waals surface area contributed by atoms with Gasteiger partial charge in [-0.3, -0.25) is 0 Å². The highest BCUT2D eigenvalue weighted by molar-refractivity contribution is 5.20. The molecule has 0 aromatic heterocycles. The third-order valence-corrected chi connectivity index (χ3v) is 5.09. The van der Waals surface area contributed by atoms with Crippen LogP contribution in [-0.4, -0.2) is 12.6 Å². The zero-order valence-electron chi connectivity index (χ0n) is 14.0. The highest BCUT2D eigenvalue weighted by atomic mass is 14.9. The van der Waals surface area contributed by atoms with Crippen LogP contribution in [0.2, 0.25) is 0 Å². The molecule has 0 amide bonds. The van der Waals surface area contributed by atoms with E-state index in [0.29, 0.717) is 0 Å². The summed E-state index contributed by atoms with van der Waals surface area (Å²) in [6, 6.07) is 11.9. The van der Waals surface area contributed by atoms with Gasteiger partial charge < -0.3 is 5.32 Å². The van der Waals surface area contributed by atoms with Crippen LogP contribution < -0.4 is 5.32 Å². The molecule has 118 valence electrons. The van der Waals surface area contributed by atoms with Gasteiger partial charge in [-0.15, -0.1) is 0 Å². The van der Waals surface area contributed by atoms with Crippen LogP contribution >= 0.6 is 0 Å². The van der Waals surface area contributed by atoms with Crippen LogP contribution in [0.3, 0.4) is 0 Å². The predicted octanol–water partition coefficient (Wildman–Crippen LogP) is 5.52. The third-order valence-electron chi connectivity index (χ3n) is 5.09. The van der Waals surface area contributed by atoms with Gasteiger partial charge >= 0.3 is 0 Å². The number of rotatable bonds is 8. The van der Waals surface area contributed by atoms with E-state index < -0.39 is 0 Å². The maximum absolute atomic E-state index is 3.82. The Morgan fingerprint density at radius 2 is 1.81 bits per heavy atom. The summed E-state index contributed by atoms with van der Waals surface area (Å²) in [5.41, 5.74) is 1.56. The molecule has 0 saturated heterocycles. The Hall–Kier alpha value is -0.820. The first kappa shape index (κ1) is 16.5. The molecule has 1 fully saturated rings. The predicted molar refractivity (Wildman–Crippen MR) is 92.7 cm³/mol. The van der Waals surface area contributed by atoms with Crippen molar-refractivity contribution >= 4 is 0 Å². The van der Waals surface area contributed by atoms with Crippen LogP contribution in [-0.2, 0) is 0 Å². The number of hydrogen-bond acceptors (Lipinski definition) is 1. The summed E-state index contributed by atoms with van der Waals surface area (Å²) in [7, 11) is 0. The van der Waals surface area contributed by atoms with E-state index in [1.54, 1.807) is 5.56 Å². The average molecular weight is 287 g/mol. The molecule has 1 N–H and O–H groups in total. The Morgan fingerprint density at radius 1 is 1.00 bits per heavy atom. The minimum Gasteiger partial charge on any atom is -0.314 e. The van der Waals surface area contributed by atoms with Crippen molar-refractivity contribution in [2.75, 3.05) is 6.54 Å². The lowest BCUT2D eigenvalue weighted by molar-refractivity contribution is 0.223. The van der Waals surface area contributed by atoms with Crippen molar-refractivity contribution < 1.29 is 0 Å². The van der Waals surface area contributed by atoms with Crippen LogP contribution in [0, 0.1) is 5.92 Å². The molecule has 0 heterocycles. The number of nitrogens with one attached hydrogen (secondary N) is 1. The van der Waals surface area contributed by atoms with Gasteiger partial charge in [-0.1, -0.05) is 63.4 Å². The number of benzene rings is 1. The Bertz CT molecular complexity index is 373. The first-order chi connectivity index (χ1) is 10.3. The summed E-state index contributed by atoms with van der Waals surface area (Å²) in [6.07, 6.45) is 10.9. The Kier molecular flexibility index (Phi) is 7.29. The largest absolute Gasteiger partial charge is 0.314 e. The average Bonchev–Trinajstić information content (AvgIpc) is 2.54. The van der Waals surface area contributed by atoms with Crippen molar-refractivity contribution in [1.82, 2.24) is 5.32 Å². The van der Waals surface area contributed by atoms with Gasteiger partial charge in [0.15, 0.2) is 0 Å². The van der Waals surface area contributed by atoms with Crippen LogP contribution in [0.1, 0.15) is 76.7 Å². The summed E-state index contributed by atoms with van der Waals surface area (Å²) in [6.45, 7) is 5.76. The van der Waals surface area contributed by atoms with E-state index in [0.717, 1.165) is 17.9 Å². The molecule has 1 aliphatic carbocycles. The van der Waals surface area contributed by atoms with Crippen molar-refractivity contribution in [1.29, 1.82) is 0 Å². The topological polar surface area (TPSA) is 12.0 Å². The zero-order valence-corrected chi connectivity index (χ0v) is 14.0. The second-order valence-electron chi connectivity index (χ2n) is 6.74. The van der Waals surface area contributed by atoms with Crippen molar-refractivity contribution in [2.24, 2.45) is 5.92 Å². The fraction of sp³-hybridized carbons (Fsp3) is 0.700. The van der Waals surface area contributed by atoms with Crippen LogP contribution in [0.4, 0.5) is 0 Å². The summed E-state index contributed by atoms with van der Waals surface area (Å²) < 4.78 is 0. The Balaban J connectivity index is 1.94. The van der Waals surface area contributed by atoms with Gasteiger partial charge in [0.1, 0.15) is 0 Å². The van der Waals surface area contributed by atoms with Crippen LogP contribution in [0.5, 0.6) is 0 Å². The molecule has 1 saturated carbocycles. The van der Waals surface area contributed by atoms with E-state index >= 15 is 0 Å². The molecule has 21 heavy (non-hydrogen) atoms. The van der Waals surface area contributed by atoms with E-state index in [2.05, 4.69) is 49.5 Å². The van der Waals surface area contributed by atoms with E-state index in [1.165, 1.54) is 57.9 Å². The monoisotopic (exact) mass is 287 g/mol. The van der Waals surface area contributed by atoms with Crippen molar-refractivity contribution in [3.63, 3.8) is 0 Å². The van der Waals surface area contributed by atoms with E-state index in [-0.39, 0.29) is 0 Å². The fourth-order valence-electron chi connectivity index (χ4n) is 3.87. The van der Waals surface area contributed by atoms with Gasteiger partial charge in [0.25, 0.3) is 0 Å². The first-order valence-electron chi connectivity index (χ1n) is 9.13. The van der Waals surface area contributed by atoms with Gasteiger partial charge in [0, 0.05) is 6.04 Å². The van der Waals surface area contributed by atoms with E-state index in [9.17, 15) is 0 Å². The van der Waals surface area contributed by atoms with Gasteiger partial charge in [0.2, 0.25) is 0 Å². The highest BCUT2D eigenvalue weighted by Crippen LogP contribution is 2.38. The standard InChI is InChI=1S/C20H33N/c1-3-5-7-12-19-16-18(17-10-8-6-9-11-17)13-14-20(19)21-15-4-2/h6,8-11,18-21H,3-5,7,12-16H2,1-2H3. The van der Waals surface area contributed by atoms with Crippen molar-refractivity contribution in [3.05, 3.63) is 35.9 Å². The van der Waals surface area contributed by atoms with Crippen LogP contribution in [0.25, 0.3) is 0 Å². The highest BCUT2D eigenvalue weighted by Gasteiger charge is 2.30. The summed E-state index contributed by atoms with van der Waals surface area (Å²) in [5.74, 6) is 1.67. The second-order valence-corrected chi connectivity index (χ2v) is 6.74. The lowest BCUT2D eigenvalue weighted by Crippen LogP contribution is -2.40. The van der Waals surface area contributed by atoms with Crippen LogP contribution in [0.15, 0.2) is 30.3 Å². The third kappa shape index (κ3) is 5.14. The first-order valence-corrected chi connectivity index (χ1v) is 9.13. The molecule has 1 aliphatic rings. The number of unbranched alkanes of at least 4 members (excludes halogenated alkanes) is 2. The summed E-state index contributed by atoms with van der Waals surface area (Å²) >= 11 is 0. The molecular weight excluding hydrogens is 254 g/mol. The zero-order chi connectivity index (χ0) is 14.9. The molecular formula is C20H33N. The van der Waals surface area contributed by atoms with Crippen molar-refractivity contribution in [3.8, 4) is 0 Å². The molecule has 3 atom stereocenters. The lowest BCUT2D eigenvalue weighted by Gasteiger charge is -2.37. The maximum atomic E-state index is 3.82. The minimum atomic E-state index is 0.766. The normalized spacial score (nSPS) is 25.9. The molecule has 1 aromatic carbocycles. The smallest absolute Gasteiger partial charge is 0.00957 e.